The van der Waals surface area contributed by atoms with Crippen molar-refractivity contribution < 1.29 is 13.9 Å². The Morgan fingerprint density at radius 1 is 1.46 bits per heavy atom. The lowest BCUT2D eigenvalue weighted by molar-refractivity contribution is -0.0454. The standard InChI is InChI=1S/C16H15F2N3O2S/c1-15(7-22)6-16(17,18)3-10-9-2-11(8-4-19-20-5-8)24-12(9)14(23)21-13(10)15/h2,4-5,22H,3,6-7H2,1H3,(H,19,20)(H,21,23)/t15-/m1/s1. The molecule has 3 aromatic heterocycles. The third-order valence-corrected chi connectivity index (χ3v) is 5.81. The Hall–Kier alpha value is -2.06. The molecule has 0 bridgehead atoms. The number of nitrogens with zero attached hydrogens (tertiary/aromatic N) is 1. The number of nitrogens with one attached hydrogen (secondary N) is 2. The highest BCUT2D eigenvalue weighted by Crippen LogP contribution is 2.46. The third kappa shape index (κ3) is 2.21. The first kappa shape index (κ1) is 15.5. The quantitative estimate of drug-likeness (QED) is 0.664. The summed E-state index contributed by atoms with van der Waals surface area (Å²) in [5, 5.41) is 16.8. The van der Waals surface area contributed by atoms with Crippen LogP contribution in [0.5, 0.6) is 0 Å². The molecule has 126 valence electrons. The van der Waals surface area contributed by atoms with Gasteiger partial charge in [0.2, 0.25) is 0 Å². The lowest BCUT2D eigenvalue weighted by Crippen LogP contribution is -2.43. The van der Waals surface area contributed by atoms with Crippen LogP contribution >= 0.6 is 11.3 Å². The second-order valence-corrected chi connectivity index (χ2v) is 7.63. The molecule has 3 N–H and O–H groups in total. The number of hydrogen-bond acceptors (Lipinski definition) is 4. The van der Waals surface area contributed by atoms with E-state index in [1.807, 2.05) is 0 Å². The second kappa shape index (κ2) is 4.97. The van der Waals surface area contributed by atoms with Crippen LogP contribution < -0.4 is 5.56 Å². The van der Waals surface area contributed by atoms with Gasteiger partial charge in [0.1, 0.15) is 4.70 Å². The van der Waals surface area contributed by atoms with Crippen LogP contribution in [0, 0.1) is 0 Å². The highest BCUT2D eigenvalue weighted by molar-refractivity contribution is 7.22. The molecular formula is C16H15F2N3O2S. The minimum atomic E-state index is -2.92. The molecule has 0 unspecified atom stereocenters. The van der Waals surface area contributed by atoms with E-state index in [0.29, 0.717) is 21.3 Å². The summed E-state index contributed by atoms with van der Waals surface area (Å²) in [5.41, 5.74) is 0.168. The first-order valence-corrected chi connectivity index (χ1v) is 8.32. The van der Waals surface area contributed by atoms with Crippen molar-refractivity contribution in [1.29, 1.82) is 0 Å². The average Bonchev–Trinajstić information content (AvgIpc) is 3.16. The van der Waals surface area contributed by atoms with E-state index in [2.05, 4.69) is 15.2 Å². The van der Waals surface area contributed by atoms with Crippen LogP contribution in [-0.4, -0.2) is 32.8 Å². The number of thiophene rings is 1. The van der Waals surface area contributed by atoms with Gasteiger partial charge in [-0.05, 0) is 11.6 Å². The lowest BCUT2D eigenvalue weighted by atomic mass is 9.72. The Bertz CT molecular complexity index is 977. The molecule has 4 rings (SSSR count). The van der Waals surface area contributed by atoms with Gasteiger partial charge in [0, 0.05) is 46.0 Å². The number of aromatic amines is 2. The largest absolute Gasteiger partial charge is 0.395 e. The Balaban J connectivity index is 2.03. The van der Waals surface area contributed by atoms with Crippen molar-refractivity contribution in [2.75, 3.05) is 6.61 Å². The van der Waals surface area contributed by atoms with Gasteiger partial charge in [0.15, 0.2) is 0 Å². The van der Waals surface area contributed by atoms with E-state index >= 15 is 0 Å². The molecule has 3 heterocycles. The smallest absolute Gasteiger partial charge is 0.266 e. The Kier molecular flexibility index (Phi) is 3.20. The van der Waals surface area contributed by atoms with Gasteiger partial charge >= 0.3 is 0 Å². The van der Waals surface area contributed by atoms with Crippen LogP contribution in [0.25, 0.3) is 20.5 Å². The highest BCUT2D eigenvalue weighted by atomic mass is 32.1. The Morgan fingerprint density at radius 2 is 2.25 bits per heavy atom. The number of pyridine rings is 1. The normalized spacial score (nSPS) is 22.7. The number of H-pyrrole nitrogens is 2. The Labute approximate surface area is 139 Å². The molecule has 1 aliphatic carbocycles. The summed E-state index contributed by atoms with van der Waals surface area (Å²) in [4.78, 5) is 16.0. The first-order valence-electron chi connectivity index (χ1n) is 7.50. The van der Waals surface area contributed by atoms with Gasteiger partial charge in [-0.15, -0.1) is 11.3 Å². The minimum Gasteiger partial charge on any atom is -0.395 e. The van der Waals surface area contributed by atoms with Gasteiger partial charge in [0.05, 0.1) is 12.8 Å². The maximum atomic E-state index is 14.3. The van der Waals surface area contributed by atoms with Gasteiger partial charge in [-0.3, -0.25) is 9.89 Å². The highest BCUT2D eigenvalue weighted by Gasteiger charge is 2.47. The third-order valence-electron chi connectivity index (χ3n) is 4.62. The molecule has 1 aliphatic rings. The molecule has 0 amide bonds. The monoisotopic (exact) mass is 351 g/mol. The summed E-state index contributed by atoms with van der Waals surface area (Å²) in [6.07, 6.45) is 2.39. The molecule has 0 fully saturated rings. The molecule has 24 heavy (non-hydrogen) atoms. The van der Waals surface area contributed by atoms with E-state index in [1.165, 1.54) is 11.3 Å². The van der Waals surface area contributed by atoms with Crippen LogP contribution in [0.1, 0.15) is 24.6 Å². The second-order valence-electron chi connectivity index (χ2n) is 6.58. The summed E-state index contributed by atoms with van der Waals surface area (Å²) in [6.45, 7) is 1.11. The fourth-order valence-electron chi connectivity index (χ4n) is 3.51. The number of halogens is 2. The van der Waals surface area contributed by atoms with Gasteiger partial charge in [-0.25, -0.2) is 8.78 Å². The molecule has 0 aliphatic heterocycles. The molecule has 1 atom stereocenters. The maximum Gasteiger partial charge on any atom is 0.266 e. The summed E-state index contributed by atoms with van der Waals surface area (Å²) in [6, 6.07) is 1.76. The topological polar surface area (TPSA) is 81.8 Å². The zero-order valence-electron chi connectivity index (χ0n) is 12.8. The summed E-state index contributed by atoms with van der Waals surface area (Å²) < 4.78 is 28.9. The van der Waals surface area contributed by atoms with Crippen molar-refractivity contribution in [3.8, 4) is 10.4 Å². The van der Waals surface area contributed by atoms with Gasteiger partial charge < -0.3 is 10.1 Å². The molecule has 8 heteroatoms. The van der Waals surface area contributed by atoms with Crippen LogP contribution in [-0.2, 0) is 11.8 Å². The number of aliphatic hydroxyl groups excluding tert-OH is 1. The van der Waals surface area contributed by atoms with E-state index in [1.54, 1.807) is 25.4 Å². The number of fused-ring (bicyclic) bond motifs is 3. The van der Waals surface area contributed by atoms with Crippen molar-refractivity contribution in [3.05, 3.63) is 40.1 Å². The zero-order chi connectivity index (χ0) is 17.1. The van der Waals surface area contributed by atoms with Crippen molar-refractivity contribution in [1.82, 2.24) is 15.2 Å². The molecule has 0 saturated carbocycles. The predicted octanol–water partition coefficient (Wildman–Crippen LogP) is 2.81. The molecule has 5 nitrogen and oxygen atoms in total. The fourth-order valence-corrected chi connectivity index (χ4v) is 4.57. The van der Waals surface area contributed by atoms with Gasteiger partial charge in [0.25, 0.3) is 11.5 Å². The van der Waals surface area contributed by atoms with E-state index in [4.69, 9.17) is 0 Å². The van der Waals surface area contributed by atoms with E-state index in [-0.39, 0.29) is 5.56 Å². The average molecular weight is 351 g/mol. The van der Waals surface area contributed by atoms with Crippen LogP contribution in [0.4, 0.5) is 8.78 Å². The van der Waals surface area contributed by atoms with E-state index in [0.717, 1.165) is 10.4 Å². The first-order chi connectivity index (χ1) is 11.3. The van der Waals surface area contributed by atoms with E-state index < -0.39 is 30.8 Å². The molecule has 0 spiro atoms. The van der Waals surface area contributed by atoms with Crippen LogP contribution in [0.3, 0.4) is 0 Å². The molecule has 0 radical (unpaired) electrons. The van der Waals surface area contributed by atoms with Gasteiger partial charge in [-0.1, -0.05) is 6.92 Å². The van der Waals surface area contributed by atoms with Crippen molar-refractivity contribution in [2.45, 2.75) is 31.1 Å². The minimum absolute atomic E-state index is 0.312. The summed E-state index contributed by atoms with van der Waals surface area (Å²) in [5.74, 6) is -2.92. The predicted molar refractivity (Wildman–Crippen MR) is 87.7 cm³/mol. The molecule has 3 aromatic rings. The zero-order valence-corrected chi connectivity index (χ0v) is 13.6. The van der Waals surface area contributed by atoms with Crippen molar-refractivity contribution >= 4 is 21.4 Å². The SMILES string of the molecule is C[C@]1(CO)CC(F)(F)Cc2c1[nH]c(=O)c1sc(-c3cn[nH]c3)cc21. The van der Waals surface area contributed by atoms with Crippen LogP contribution in [0.15, 0.2) is 23.3 Å². The number of aliphatic hydroxyl groups is 1. The summed E-state index contributed by atoms with van der Waals surface area (Å²) in [7, 11) is 0. The van der Waals surface area contributed by atoms with Crippen molar-refractivity contribution in [2.24, 2.45) is 0 Å². The molecule has 0 aromatic carbocycles. The number of rotatable bonds is 2. The summed E-state index contributed by atoms with van der Waals surface area (Å²) >= 11 is 1.25. The van der Waals surface area contributed by atoms with Crippen LogP contribution in [0.2, 0.25) is 0 Å². The Morgan fingerprint density at radius 3 is 2.92 bits per heavy atom. The maximum absolute atomic E-state index is 14.3. The molecule has 0 saturated heterocycles. The lowest BCUT2D eigenvalue weighted by Gasteiger charge is -2.38. The van der Waals surface area contributed by atoms with Gasteiger partial charge in [-0.2, -0.15) is 5.10 Å². The number of aromatic nitrogens is 3. The number of hydrogen-bond donors (Lipinski definition) is 3. The molecular weight excluding hydrogens is 336 g/mol. The fraction of sp³-hybridized carbons (Fsp3) is 0.375. The van der Waals surface area contributed by atoms with Crippen molar-refractivity contribution in [3.63, 3.8) is 0 Å². The van der Waals surface area contributed by atoms with E-state index in [9.17, 15) is 18.7 Å². The number of alkyl halides is 2.